The van der Waals surface area contributed by atoms with Crippen LogP contribution in [0.15, 0.2) is 47.4 Å². The summed E-state index contributed by atoms with van der Waals surface area (Å²) in [6, 6.07) is 11.5. The number of methoxy groups -OCH3 is 1. The van der Waals surface area contributed by atoms with Crippen LogP contribution in [0.2, 0.25) is 0 Å². The van der Waals surface area contributed by atoms with Gasteiger partial charge in [0.05, 0.1) is 24.2 Å². The molecule has 0 spiro atoms. The highest BCUT2D eigenvalue weighted by molar-refractivity contribution is 7.89. The molecule has 0 aliphatic carbocycles. The molecule has 9 nitrogen and oxygen atoms in total. The number of carbonyl (C=O) groups is 2. The summed E-state index contributed by atoms with van der Waals surface area (Å²) in [6.07, 6.45) is 0.789. The first-order chi connectivity index (χ1) is 15.8. The normalized spacial score (nSPS) is 18.4. The average molecular weight is 475 g/mol. The van der Waals surface area contributed by atoms with Crippen molar-refractivity contribution in [3.8, 4) is 11.5 Å². The fourth-order valence-electron chi connectivity index (χ4n) is 3.96. The molecule has 0 unspecified atom stereocenters. The highest BCUT2D eigenvalue weighted by Crippen LogP contribution is 2.33. The molecule has 0 bridgehead atoms. The number of esters is 1. The van der Waals surface area contributed by atoms with Gasteiger partial charge in [0.1, 0.15) is 11.5 Å². The van der Waals surface area contributed by atoms with Gasteiger partial charge in [0.2, 0.25) is 16.1 Å². The molecule has 2 aliphatic rings. The van der Waals surface area contributed by atoms with Gasteiger partial charge in [-0.15, -0.1) is 0 Å². The fraction of sp³-hybridized carbons (Fsp3) is 0.391. The molecule has 1 fully saturated rings. The molecule has 1 saturated heterocycles. The molecule has 0 N–H and O–H groups in total. The van der Waals surface area contributed by atoms with Crippen molar-refractivity contribution in [2.45, 2.75) is 30.8 Å². The van der Waals surface area contributed by atoms with Gasteiger partial charge < -0.3 is 19.1 Å². The van der Waals surface area contributed by atoms with E-state index in [1.165, 1.54) is 22.4 Å². The average Bonchev–Trinajstić information content (AvgIpc) is 3.37. The molecule has 0 saturated carbocycles. The number of hydrogen-bond donors (Lipinski definition) is 0. The Bertz CT molecular complexity index is 1160. The number of aryl methyl sites for hydroxylation is 1. The number of hydrogen-bond acceptors (Lipinski definition) is 7. The Morgan fingerprint density at radius 2 is 1.85 bits per heavy atom. The van der Waals surface area contributed by atoms with Gasteiger partial charge in [-0.3, -0.25) is 4.79 Å². The van der Waals surface area contributed by atoms with Crippen molar-refractivity contribution in [3.05, 3.63) is 48.0 Å². The van der Waals surface area contributed by atoms with E-state index in [2.05, 4.69) is 0 Å². The predicted octanol–water partition coefficient (Wildman–Crippen LogP) is 2.13. The lowest BCUT2D eigenvalue weighted by atomic mass is 10.2. The van der Waals surface area contributed by atoms with Crippen molar-refractivity contribution >= 4 is 27.6 Å². The lowest BCUT2D eigenvalue weighted by Gasteiger charge is -2.33. The van der Waals surface area contributed by atoms with E-state index in [-0.39, 0.29) is 24.0 Å². The van der Waals surface area contributed by atoms with Gasteiger partial charge >= 0.3 is 5.97 Å². The Labute approximate surface area is 192 Å². The van der Waals surface area contributed by atoms with Gasteiger partial charge in [-0.25, -0.2) is 13.2 Å². The Kier molecular flexibility index (Phi) is 6.57. The summed E-state index contributed by atoms with van der Waals surface area (Å²) in [5.41, 5.74) is 1.15. The minimum atomic E-state index is -3.53. The SMILES string of the molecule is COC(=O)[C@@H]1CN(C(=O)COc2ccc(S(=O)(=O)N3CCCC3)cc2C)c2ccccc2O1. The van der Waals surface area contributed by atoms with Crippen molar-refractivity contribution in [2.75, 3.05) is 38.3 Å². The standard InChI is InChI=1S/C23H26N2O7S/c1-16-13-17(33(28,29)24-11-5-6-12-24)9-10-19(16)31-15-22(26)25-14-21(23(27)30-2)32-20-8-4-3-7-18(20)25/h3-4,7-10,13,21H,5-6,11-12,14-15H2,1-2H3/t21-/m0/s1. The molecule has 2 heterocycles. The lowest BCUT2D eigenvalue weighted by Crippen LogP contribution is -2.48. The molecule has 10 heteroatoms. The maximum Gasteiger partial charge on any atom is 0.348 e. The number of fused-ring (bicyclic) bond motifs is 1. The molecule has 176 valence electrons. The minimum absolute atomic E-state index is 0.00210. The second-order valence-corrected chi connectivity index (χ2v) is 9.87. The number of amides is 1. The Balaban J connectivity index is 1.48. The summed E-state index contributed by atoms with van der Waals surface area (Å²) in [6.45, 7) is 2.50. The van der Waals surface area contributed by atoms with E-state index in [0.29, 0.717) is 35.8 Å². The van der Waals surface area contributed by atoms with E-state index in [1.807, 2.05) is 0 Å². The quantitative estimate of drug-likeness (QED) is 0.591. The van der Waals surface area contributed by atoms with Crippen LogP contribution in [0.25, 0.3) is 0 Å². The van der Waals surface area contributed by atoms with Crippen molar-refractivity contribution in [3.63, 3.8) is 0 Å². The predicted molar refractivity (Wildman–Crippen MR) is 120 cm³/mol. The third-order valence-electron chi connectivity index (χ3n) is 5.74. The van der Waals surface area contributed by atoms with Gasteiger partial charge in [0, 0.05) is 13.1 Å². The summed E-state index contributed by atoms with van der Waals surface area (Å²) < 4.78 is 43.2. The zero-order valence-electron chi connectivity index (χ0n) is 18.5. The highest BCUT2D eigenvalue weighted by Gasteiger charge is 2.34. The first-order valence-electron chi connectivity index (χ1n) is 10.7. The van der Waals surface area contributed by atoms with Crippen LogP contribution >= 0.6 is 0 Å². The first-order valence-corrected chi connectivity index (χ1v) is 12.1. The third kappa shape index (κ3) is 4.67. The highest BCUT2D eigenvalue weighted by atomic mass is 32.2. The number of sulfonamides is 1. The Morgan fingerprint density at radius 1 is 1.12 bits per heavy atom. The van der Waals surface area contributed by atoms with Crippen LogP contribution < -0.4 is 14.4 Å². The third-order valence-corrected chi connectivity index (χ3v) is 7.63. The number of para-hydroxylation sites is 2. The molecule has 2 aromatic rings. The molecular weight excluding hydrogens is 448 g/mol. The maximum atomic E-state index is 13.0. The number of nitrogens with zero attached hydrogens (tertiary/aromatic N) is 2. The monoisotopic (exact) mass is 474 g/mol. The van der Waals surface area contributed by atoms with E-state index in [1.54, 1.807) is 43.3 Å². The first kappa shape index (κ1) is 23.1. The second kappa shape index (κ2) is 9.40. The van der Waals surface area contributed by atoms with E-state index in [4.69, 9.17) is 14.2 Å². The summed E-state index contributed by atoms with van der Waals surface area (Å²) >= 11 is 0. The molecule has 0 radical (unpaired) electrons. The van der Waals surface area contributed by atoms with E-state index < -0.39 is 22.1 Å². The van der Waals surface area contributed by atoms with Crippen LogP contribution in [0.1, 0.15) is 18.4 Å². The Hall–Kier alpha value is -3.11. The van der Waals surface area contributed by atoms with Gasteiger partial charge in [-0.1, -0.05) is 12.1 Å². The molecule has 2 aromatic carbocycles. The van der Waals surface area contributed by atoms with Gasteiger partial charge in [0.25, 0.3) is 5.91 Å². The van der Waals surface area contributed by atoms with Gasteiger partial charge in [0.15, 0.2) is 6.61 Å². The lowest BCUT2D eigenvalue weighted by molar-refractivity contribution is -0.148. The van der Waals surface area contributed by atoms with Crippen LogP contribution in [-0.4, -0.2) is 64.1 Å². The molecule has 4 rings (SSSR count). The summed E-state index contributed by atoms with van der Waals surface area (Å²) in [5, 5.41) is 0. The topological polar surface area (TPSA) is 102 Å². The molecule has 1 atom stereocenters. The van der Waals surface area contributed by atoms with E-state index in [9.17, 15) is 18.0 Å². The van der Waals surface area contributed by atoms with Gasteiger partial charge in [-0.2, -0.15) is 4.31 Å². The van der Waals surface area contributed by atoms with Crippen LogP contribution in [-0.2, 0) is 24.3 Å². The number of benzene rings is 2. The van der Waals surface area contributed by atoms with E-state index in [0.717, 1.165) is 12.8 Å². The second-order valence-electron chi connectivity index (χ2n) is 7.93. The fourth-order valence-corrected chi connectivity index (χ4v) is 5.57. The molecule has 1 amide bonds. The molecular formula is C23H26N2O7S. The van der Waals surface area contributed by atoms with Crippen LogP contribution in [0, 0.1) is 6.92 Å². The molecule has 0 aromatic heterocycles. The Morgan fingerprint density at radius 3 is 2.55 bits per heavy atom. The van der Waals surface area contributed by atoms with Crippen LogP contribution in [0.5, 0.6) is 11.5 Å². The van der Waals surface area contributed by atoms with Crippen molar-refractivity contribution in [1.29, 1.82) is 0 Å². The zero-order chi connectivity index (χ0) is 23.6. The summed E-state index contributed by atoms with van der Waals surface area (Å²) in [5.74, 6) is -0.128. The minimum Gasteiger partial charge on any atom is -0.483 e. The van der Waals surface area contributed by atoms with Crippen LogP contribution in [0.4, 0.5) is 5.69 Å². The van der Waals surface area contributed by atoms with Gasteiger partial charge in [-0.05, 0) is 55.7 Å². The summed E-state index contributed by atoms with van der Waals surface area (Å²) in [7, 11) is -2.27. The smallest absolute Gasteiger partial charge is 0.348 e. The molecule has 2 aliphatic heterocycles. The molecule has 33 heavy (non-hydrogen) atoms. The van der Waals surface area contributed by atoms with Crippen molar-refractivity contribution in [1.82, 2.24) is 4.31 Å². The van der Waals surface area contributed by atoms with Crippen molar-refractivity contribution < 1.29 is 32.2 Å². The summed E-state index contributed by atoms with van der Waals surface area (Å²) in [4.78, 5) is 26.6. The van der Waals surface area contributed by atoms with Crippen LogP contribution in [0.3, 0.4) is 0 Å². The van der Waals surface area contributed by atoms with Crippen molar-refractivity contribution in [2.24, 2.45) is 0 Å². The number of carbonyl (C=O) groups excluding carboxylic acids is 2. The maximum absolute atomic E-state index is 13.0. The number of rotatable bonds is 6. The zero-order valence-corrected chi connectivity index (χ0v) is 19.3. The van der Waals surface area contributed by atoms with E-state index >= 15 is 0 Å². The number of ether oxygens (including phenoxy) is 3. The number of anilines is 1. The largest absolute Gasteiger partial charge is 0.483 e.